The second kappa shape index (κ2) is 6.85. The highest BCUT2D eigenvalue weighted by Gasteiger charge is 2.33. The SMILES string of the molecule is FC(F)(F)c1ccc2c(N3CCCNCC3)ncc(-c3ccsc3)c2n1. The number of fused-ring (bicyclic) bond motifs is 1. The maximum Gasteiger partial charge on any atom is 0.433 e. The molecule has 0 spiro atoms. The number of pyridine rings is 2. The molecule has 3 aromatic rings. The van der Waals surface area contributed by atoms with Gasteiger partial charge < -0.3 is 10.2 Å². The summed E-state index contributed by atoms with van der Waals surface area (Å²) in [6.07, 6.45) is -1.87. The molecule has 0 aliphatic carbocycles. The zero-order valence-corrected chi connectivity index (χ0v) is 14.7. The van der Waals surface area contributed by atoms with E-state index in [9.17, 15) is 13.2 Å². The van der Waals surface area contributed by atoms with Gasteiger partial charge in [-0.05, 0) is 47.5 Å². The fourth-order valence-corrected chi connectivity index (χ4v) is 3.85. The van der Waals surface area contributed by atoms with Crippen LogP contribution < -0.4 is 10.2 Å². The summed E-state index contributed by atoms with van der Waals surface area (Å²) in [5, 5.41) is 7.77. The second-order valence-electron chi connectivity index (χ2n) is 6.19. The van der Waals surface area contributed by atoms with Crippen LogP contribution in [0, 0.1) is 0 Å². The predicted octanol–water partition coefficient (Wildman–Crippen LogP) is 4.18. The summed E-state index contributed by atoms with van der Waals surface area (Å²) in [7, 11) is 0. The van der Waals surface area contributed by atoms with Gasteiger partial charge in [-0.15, -0.1) is 0 Å². The Kier molecular flexibility index (Phi) is 4.54. The lowest BCUT2D eigenvalue weighted by atomic mass is 10.1. The quantitative estimate of drug-likeness (QED) is 0.727. The number of halogens is 3. The number of hydrogen-bond acceptors (Lipinski definition) is 5. The average molecular weight is 378 g/mol. The summed E-state index contributed by atoms with van der Waals surface area (Å²) < 4.78 is 39.6. The number of nitrogens with one attached hydrogen (secondary N) is 1. The molecule has 0 aromatic carbocycles. The van der Waals surface area contributed by atoms with Crippen LogP contribution in [0.3, 0.4) is 0 Å². The monoisotopic (exact) mass is 378 g/mol. The van der Waals surface area contributed by atoms with Gasteiger partial charge in [0, 0.05) is 36.8 Å². The predicted molar refractivity (Wildman–Crippen MR) is 97.6 cm³/mol. The van der Waals surface area contributed by atoms with Crippen molar-refractivity contribution in [3.63, 3.8) is 0 Å². The minimum absolute atomic E-state index is 0.348. The maximum atomic E-state index is 13.2. The molecule has 4 rings (SSSR count). The third kappa shape index (κ3) is 3.26. The molecule has 0 saturated carbocycles. The summed E-state index contributed by atoms with van der Waals surface area (Å²) in [6.45, 7) is 3.33. The molecule has 0 amide bonds. The normalized spacial score (nSPS) is 16.0. The van der Waals surface area contributed by atoms with Gasteiger partial charge >= 0.3 is 6.18 Å². The number of anilines is 1. The standard InChI is InChI=1S/C18H17F3N4S/c19-18(20,21)15-3-2-13-16(24-15)14(12-4-9-26-11-12)10-23-17(13)25-7-1-5-22-6-8-25/h2-4,9-11,22H,1,5-8H2. The molecule has 0 atom stereocenters. The Morgan fingerprint density at radius 1 is 1.12 bits per heavy atom. The van der Waals surface area contributed by atoms with Crippen molar-refractivity contribution < 1.29 is 13.2 Å². The van der Waals surface area contributed by atoms with Crippen molar-refractivity contribution in [3.8, 4) is 11.1 Å². The smallest absolute Gasteiger partial charge is 0.355 e. The molecule has 4 heterocycles. The number of aromatic nitrogens is 2. The van der Waals surface area contributed by atoms with Crippen molar-refractivity contribution in [1.29, 1.82) is 0 Å². The van der Waals surface area contributed by atoms with Crippen molar-refractivity contribution in [2.24, 2.45) is 0 Å². The summed E-state index contributed by atoms with van der Waals surface area (Å²) in [5.41, 5.74) is 0.934. The van der Waals surface area contributed by atoms with Crippen LogP contribution in [0.25, 0.3) is 22.0 Å². The highest BCUT2D eigenvalue weighted by molar-refractivity contribution is 7.08. The Bertz CT molecular complexity index is 901. The molecule has 26 heavy (non-hydrogen) atoms. The fourth-order valence-electron chi connectivity index (χ4n) is 3.20. The molecule has 1 N–H and O–H groups in total. The van der Waals surface area contributed by atoms with E-state index in [1.54, 1.807) is 6.20 Å². The van der Waals surface area contributed by atoms with Crippen LogP contribution in [0.5, 0.6) is 0 Å². The third-order valence-corrected chi connectivity index (χ3v) is 5.15. The van der Waals surface area contributed by atoms with Crippen LogP contribution in [0.15, 0.2) is 35.2 Å². The van der Waals surface area contributed by atoms with Crippen LogP contribution in [0.1, 0.15) is 12.1 Å². The van der Waals surface area contributed by atoms with E-state index in [0.717, 1.165) is 44.2 Å². The molecule has 0 bridgehead atoms. The largest absolute Gasteiger partial charge is 0.433 e. The summed E-state index contributed by atoms with van der Waals surface area (Å²) in [5.74, 6) is 0.698. The van der Waals surface area contributed by atoms with E-state index < -0.39 is 11.9 Å². The lowest BCUT2D eigenvalue weighted by Crippen LogP contribution is -2.28. The van der Waals surface area contributed by atoms with Crippen molar-refractivity contribution >= 4 is 28.1 Å². The number of rotatable bonds is 2. The first-order chi connectivity index (χ1) is 12.5. The van der Waals surface area contributed by atoms with Crippen molar-refractivity contribution in [2.45, 2.75) is 12.6 Å². The maximum absolute atomic E-state index is 13.2. The van der Waals surface area contributed by atoms with E-state index in [4.69, 9.17) is 0 Å². The van der Waals surface area contributed by atoms with Gasteiger partial charge in [0.2, 0.25) is 0 Å². The molecular formula is C18H17F3N4S. The molecule has 1 aliphatic rings. The van der Waals surface area contributed by atoms with Crippen LogP contribution >= 0.6 is 11.3 Å². The Hall–Kier alpha value is -2.19. The van der Waals surface area contributed by atoms with Crippen molar-refractivity contribution in [3.05, 3.63) is 40.8 Å². The summed E-state index contributed by atoms with van der Waals surface area (Å²) >= 11 is 1.49. The molecule has 1 saturated heterocycles. The molecular weight excluding hydrogens is 361 g/mol. The highest BCUT2D eigenvalue weighted by Crippen LogP contribution is 2.36. The van der Waals surface area contributed by atoms with Gasteiger partial charge in [-0.2, -0.15) is 24.5 Å². The molecule has 8 heteroatoms. The number of thiophene rings is 1. The number of nitrogens with zero attached hydrogens (tertiary/aromatic N) is 3. The molecule has 1 aliphatic heterocycles. The molecule has 0 radical (unpaired) electrons. The highest BCUT2D eigenvalue weighted by atomic mass is 32.1. The Morgan fingerprint density at radius 2 is 2.00 bits per heavy atom. The van der Waals surface area contributed by atoms with Crippen molar-refractivity contribution in [2.75, 3.05) is 31.1 Å². The zero-order chi connectivity index (χ0) is 18.1. The topological polar surface area (TPSA) is 41.0 Å². The molecule has 1 fully saturated rings. The van der Waals surface area contributed by atoms with E-state index in [0.29, 0.717) is 22.3 Å². The van der Waals surface area contributed by atoms with Crippen LogP contribution in [-0.4, -0.2) is 36.1 Å². The van der Waals surface area contributed by atoms with Gasteiger partial charge in [-0.1, -0.05) is 0 Å². The first kappa shape index (κ1) is 17.2. The van der Waals surface area contributed by atoms with Gasteiger partial charge in [-0.25, -0.2) is 9.97 Å². The van der Waals surface area contributed by atoms with Crippen LogP contribution in [-0.2, 0) is 6.18 Å². The lowest BCUT2D eigenvalue weighted by Gasteiger charge is -2.23. The van der Waals surface area contributed by atoms with E-state index in [1.165, 1.54) is 17.4 Å². The Balaban J connectivity index is 1.91. The minimum Gasteiger partial charge on any atom is -0.355 e. The third-order valence-electron chi connectivity index (χ3n) is 4.47. The van der Waals surface area contributed by atoms with E-state index >= 15 is 0 Å². The molecule has 0 unspecified atom stereocenters. The van der Waals surface area contributed by atoms with E-state index in [-0.39, 0.29) is 0 Å². The zero-order valence-electron chi connectivity index (χ0n) is 13.9. The second-order valence-corrected chi connectivity index (χ2v) is 6.97. The number of alkyl halides is 3. The summed E-state index contributed by atoms with van der Waals surface area (Å²) in [6, 6.07) is 4.42. The van der Waals surface area contributed by atoms with Crippen molar-refractivity contribution in [1.82, 2.24) is 15.3 Å². The van der Waals surface area contributed by atoms with Crippen LogP contribution in [0.2, 0.25) is 0 Å². The van der Waals surface area contributed by atoms with E-state index in [1.807, 2.05) is 16.8 Å². The van der Waals surface area contributed by atoms with Gasteiger partial charge in [0.05, 0.1) is 5.52 Å². The first-order valence-corrected chi connectivity index (χ1v) is 9.33. The Morgan fingerprint density at radius 3 is 2.77 bits per heavy atom. The average Bonchev–Trinajstić information content (AvgIpc) is 3.02. The Labute approximate surface area is 152 Å². The van der Waals surface area contributed by atoms with Gasteiger partial charge in [0.1, 0.15) is 11.5 Å². The summed E-state index contributed by atoms with van der Waals surface area (Å²) in [4.78, 5) is 10.7. The molecule has 4 nitrogen and oxygen atoms in total. The fraction of sp³-hybridized carbons (Fsp3) is 0.333. The number of hydrogen-bond donors (Lipinski definition) is 1. The van der Waals surface area contributed by atoms with E-state index in [2.05, 4.69) is 20.2 Å². The lowest BCUT2D eigenvalue weighted by molar-refractivity contribution is -0.140. The van der Waals surface area contributed by atoms with Gasteiger partial charge in [0.15, 0.2) is 0 Å². The molecule has 3 aromatic heterocycles. The van der Waals surface area contributed by atoms with Gasteiger partial charge in [0.25, 0.3) is 0 Å². The van der Waals surface area contributed by atoms with Crippen LogP contribution in [0.4, 0.5) is 19.0 Å². The molecule has 136 valence electrons. The van der Waals surface area contributed by atoms with Gasteiger partial charge in [-0.3, -0.25) is 0 Å². The first-order valence-electron chi connectivity index (χ1n) is 8.39. The minimum atomic E-state index is -4.48.